The van der Waals surface area contributed by atoms with E-state index >= 15 is 0 Å². The van der Waals surface area contributed by atoms with Crippen LogP contribution in [0.15, 0.2) is 48.8 Å². The van der Waals surface area contributed by atoms with Gasteiger partial charge in [-0.2, -0.15) is 10.2 Å². The minimum Gasteiger partial charge on any atom is -0.355 e. The van der Waals surface area contributed by atoms with Gasteiger partial charge in [-0.05, 0) is 55.9 Å². The van der Waals surface area contributed by atoms with Gasteiger partial charge in [0.1, 0.15) is 22.8 Å². The number of aromatic nitrogens is 6. The fraction of sp³-hybridized carbons (Fsp3) is 0.357. The van der Waals surface area contributed by atoms with Crippen LogP contribution in [0.4, 0.5) is 10.2 Å². The molecule has 3 N–H and O–H groups in total. The van der Waals surface area contributed by atoms with Gasteiger partial charge >= 0.3 is 0 Å². The highest BCUT2D eigenvalue weighted by atomic mass is 35.5. The van der Waals surface area contributed by atoms with Crippen LogP contribution >= 0.6 is 11.6 Å². The van der Waals surface area contributed by atoms with E-state index in [0.717, 1.165) is 47.4 Å². The Hall–Kier alpha value is -3.56. The molecule has 3 aromatic heterocycles. The number of halogens is 2. The van der Waals surface area contributed by atoms with Crippen molar-refractivity contribution in [3.05, 3.63) is 65.2 Å². The number of nitrogens with zero attached hydrogens (tertiary/aromatic N) is 6. The van der Waals surface area contributed by atoms with E-state index in [1.165, 1.54) is 6.07 Å². The highest BCUT2D eigenvalue weighted by molar-refractivity contribution is 6.38. The molecule has 3 atom stereocenters. The standard InChI is InChI=1S/C28H28ClFN8/c1-15(2)38-22-8-7-16(24(29)17(22)11-33-38)25-26-27(36-35-25)34-23(12-32-26)37-10-9-18-20(13-37)28(18,14-31)19-5-3-4-6-21(19)30/h3-8,11-12,15,18,20H,9-10,13-14,31H2,1-2H3,(H,34,35,36)/t18-,20+,28-/m1/s1. The van der Waals surface area contributed by atoms with Crippen molar-refractivity contribution in [3.63, 3.8) is 0 Å². The molecule has 2 aromatic carbocycles. The minimum atomic E-state index is -0.308. The maximum atomic E-state index is 14.7. The predicted octanol–water partition coefficient (Wildman–Crippen LogP) is 5.10. The summed E-state index contributed by atoms with van der Waals surface area (Å²) < 4.78 is 16.7. The lowest BCUT2D eigenvalue weighted by molar-refractivity contribution is 0.533. The second kappa shape index (κ2) is 8.47. The van der Waals surface area contributed by atoms with Crippen LogP contribution < -0.4 is 10.6 Å². The molecule has 1 aliphatic heterocycles. The molecular formula is C28H28ClFN8. The number of benzene rings is 2. The van der Waals surface area contributed by atoms with Crippen molar-refractivity contribution in [2.24, 2.45) is 17.6 Å². The zero-order valence-electron chi connectivity index (χ0n) is 21.2. The Kier molecular flexibility index (Phi) is 5.25. The van der Waals surface area contributed by atoms with Crippen LogP contribution in [0, 0.1) is 17.7 Å². The smallest absolute Gasteiger partial charge is 0.177 e. The van der Waals surface area contributed by atoms with Gasteiger partial charge in [-0.15, -0.1) is 0 Å². The van der Waals surface area contributed by atoms with E-state index in [1.807, 2.05) is 28.9 Å². The van der Waals surface area contributed by atoms with Crippen LogP contribution in [0.3, 0.4) is 0 Å². The molecule has 8 nitrogen and oxygen atoms in total. The van der Waals surface area contributed by atoms with Crippen LogP contribution in [0.25, 0.3) is 33.3 Å². The fourth-order valence-electron chi connectivity index (χ4n) is 6.65. The van der Waals surface area contributed by atoms with Crippen LogP contribution in [-0.2, 0) is 5.41 Å². The molecule has 1 saturated carbocycles. The van der Waals surface area contributed by atoms with Crippen molar-refractivity contribution in [2.75, 3.05) is 24.5 Å². The molecule has 1 aliphatic carbocycles. The summed E-state index contributed by atoms with van der Waals surface area (Å²) in [4.78, 5) is 11.8. The van der Waals surface area contributed by atoms with Crippen molar-refractivity contribution in [1.82, 2.24) is 29.9 Å². The molecule has 0 spiro atoms. The van der Waals surface area contributed by atoms with Gasteiger partial charge in [-0.25, -0.2) is 14.4 Å². The van der Waals surface area contributed by atoms with Crippen LogP contribution in [0.1, 0.15) is 31.9 Å². The van der Waals surface area contributed by atoms with E-state index in [2.05, 4.69) is 34.0 Å². The third kappa shape index (κ3) is 3.24. The van der Waals surface area contributed by atoms with Crippen LogP contribution in [0.5, 0.6) is 0 Å². The summed E-state index contributed by atoms with van der Waals surface area (Å²) in [5.74, 6) is 1.27. The molecule has 0 bridgehead atoms. The van der Waals surface area contributed by atoms with Crippen molar-refractivity contribution in [1.29, 1.82) is 0 Å². The van der Waals surface area contributed by atoms with Gasteiger partial charge in [-0.3, -0.25) is 9.78 Å². The number of H-pyrrole nitrogens is 1. The summed E-state index contributed by atoms with van der Waals surface area (Å²) in [6, 6.07) is 11.3. The van der Waals surface area contributed by atoms with Crippen LogP contribution in [-0.4, -0.2) is 49.6 Å². The lowest BCUT2D eigenvalue weighted by Gasteiger charge is -2.26. The Bertz CT molecular complexity index is 1690. The first-order valence-corrected chi connectivity index (χ1v) is 13.4. The Morgan fingerprint density at radius 1 is 1.18 bits per heavy atom. The predicted molar refractivity (Wildman–Crippen MR) is 147 cm³/mol. The average Bonchev–Trinajstić information content (AvgIpc) is 3.19. The van der Waals surface area contributed by atoms with E-state index < -0.39 is 0 Å². The topological polar surface area (TPSA) is 102 Å². The summed E-state index contributed by atoms with van der Waals surface area (Å²) in [6.07, 6.45) is 4.52. The molecule has 38 heavy (non-hydrogen) atoms. The average molecular weight is 531 g/mol. The molecule has 2 aliphatic rings. The SMILES string of the molecule is CC(C)n1ncc2c(Cl)c(-c3n[nH]c4nc(N5CC[C@@H]6[C@H](C5)[C@@]6(CN)c5ccccc5F)cnc34)ccc21. The minimum absolute atomic E-state index is 0.168. The van der Waals surface area contributed by atoms with Gasteiger partial charge in [0.25, 0.3) is 0 Å². The third-order valence-corrected chi connectivity index (χ3v) is 8.99. The Labute approximate surface area is 224 Å². The molecule has 2 fully saturated rings. The molecular weight excluding hydrogens is 503 g/mol. The zero-order chi connectivity index (χ0) is 26.2. The maximum Gasteiger partial charge on any atom is 0.177 e. The summed E-state index contributed by atoms with van der Waals surface area (Å²) in [7, 11) is 0. The molecule has 0 amide bonds. The molecule has 194 valence electrons. The zero-order valence-corrected chi connectivity index (χ0v) is 22.0. The number of fused-ring (bicyclic) bond motifs is 3. The maximum absolute atomic E-state index is 14.7. The molecule has 5 aromatic rings. The molecule has 0 unspecified atom stereocenters. The highest BCUT2D eigenvalue weighted by Crippen LogP contribution is 2.63. The van der Waals surface area contributed by atoms with E-state index in [9.17, 15) is 4.39 Å². The van der Waals surface area contributed by atoms with Gasteiger partial charge in [0.15, 0.2) is 5.65 Å². The van der Waals surface area contributed by atoms with Gasteiger partial charge < -0.3 is 10.6 Å². The first-order valence-electron chi connectivity index (χ1n) is 13.0. The highest BCUT2D eigenvalue weighted by Gasteiger charge is 2.66. The molecule has 10 heteroatoms. The number of hydrogen-bond donors (Lipinski definition) is 2. The largest absolute Gasteiger partial charge is 0.355 e. The number of rotatable bonds is 5. The number of nitrogens with one attached hydrogen (secondary N) is 1. The molecule has 0 radical (unpaired) electrons. The normalized spacial score (nSPS) is 22.9. The summed E-state index contributed by atoms with van der Waals surface area (Å²) in [6.45, 7) is 6.20. The monoisotopic (exact) mass is 530 g/mol. The summed E-state index contributed by atoms with van der Waals surface area (Å²) >= 11 is 6.83. The first-order chi connectivity index (χ1) is 18.4. The lowest BCUT2D eigenvalue weighted by atomic mass is 9.91. The number of anilines is 1. The van der Waals surface area contributed by atoms with E-state index in [-0.39, 0.29) is 23.2 Å². The summed E-state index contributed by atoms with van der Waals surface area (Å²) in [5, 5.41) is 13.5. The number of aromatic amines is 1. The quantitative estimate of drug-likeness (QED) is 0.328. The van der Waals surface area contributed by atoms with Crippen molar-refractivity contribution < 1.29 is 4.39 Å². The first kappa shape index (κ1) is 23.5. The van der Waals surface area contributed by atoms with E-state index in [1.54, 1.807) is 18.5 Å². The molecule has 4 heterocycles. The number of piperidine rings is 1. The molecule has 1 saturated heterocycles. The lowest BCUT2D eigenvalue weighted by Crippen LogP contribution is -2.32. The second-order valence-corrected chi connectivity index (χ2v) is 11.1. The van der Waals surface area contributed by atoms with Crippen molar-refractivity contribution in [3.8, 4) is 11.3 Å². The van der Waals surface area contributed by atoms with Gasteiger partial charge in [0.05, 0.1) is 22.9 Å². The second-order valence-electron chi connectivity index (χ2n) is 10.7. The van der Waals surface area contributed by atoms with E-state index in [4.69, 9.17) is 27.3 Å². The Morgan fingerprint density at radius 3 is 2.82 bits per heavy atom. The van der Waals surface area contributed by atoms with Crippen molar-refractivity contribution in [2.45, 2.75) is 31.7 Å². The van der Waals surface area contributed by atoms with Gasteiger partial charge in [-0.1, -0.05) is 29.8 Å². The Morgan fingerprint density at radius 2 is 2.03 bits per heavy atom. The number of hydrogen-bond acceptors (Lipinski definition) is 6. The number of nitrogens with two attached hydrogens (primary N) is 1. The van der Waals surface area contributed by atoms with Gasteiger partial charge in [0.2, 0.25) is 0 Å². The van der Waals surface area contributed by atoms with Crippen LogP contribution in [0.2, 0.25) is 5.02 Å². The van der Waals surface area contributed by atoms with Crippen molar-refractivity contribution >= 4 is 39.5 Å². The Balaban J connectivity index is 1.19. The molecule has 7 rings (SSSR count). The van der Waals surface area contributed by atoms with E-state index in [0.29, 0.717) is 34.3 Å². The fourth-order valence-corrected chi connectivity index (χ4v) is 6.95. The van der Waals surface area contributed by atoms with Gasteiger partial charge in [0, 0.05) is 42.0 Å². The summed E-state index contributed by atoms with van der Waals surface area (Å²) in [5.41, 5.74) is 10.4. The third-order valence-electron chi connectivity index (χ3n) is 8.58.